The third-order valence-electron chi connectivity index (χ3n) is 11.0. The van der Waals surface area contributed by atoms with Gasteiger partial charge in [-0.2, -0.15) is 0 Å². The van der Waals surface area contributed by atoms with Gasteiger partial charge in [-0.05, 0) is 88.1 Å². The van der Waals surface area contributed by atoms with Gasteiger partial charge < -0.3 is 13.9 Å². The van der Waals surface area contributed by atoms with E-state index in [0.29, 0.717) is 0 Å². The minimum atomic E-state index is 0.880. The third-order valence-corrected chi connectivity index (χ3v) is 11.0. The van der Waals surface area contributed by atoms with Crippen molar-refractivity contribution in [2.45, 2.75) is 0 Å². The first-order valence-corrected chi connectivity index (χ1v) is 18.8. The molecular formula is C52H34N2O. The summed E-state index contributed by atoms with van der Waals surface area (Å²) in [4.78, 5) is 2.43. The average Bonchev–Trinajstić information content (AvgIpc) is 3.80. The lowest BCUT2D eigenvalue weighted by molar-refractivity contribution is 0.669. The van der Waals surface area contributed by atoms with E-state index in [1.54, 1.807) is 0 Å². The van der Waals surface area contributed by atoms with Crippen molar-refractivity contribution in [2.75, 3.05) is 4.90 Å². The molecule has 55 heavy (non-hydrogen) atoms. The van der Waals surface area contributed by atoms with Crippen LogP contribution in [0.2, 0.25) is 0 Å². The Morgan fingerprint density at radius 1 is 0.382 bits per heavy atom. The number of aromatic nitrogens is 1. The topological polar surface area (TPSA) is 21.3 Å². The summed E-state index contributed by atoms with van der Waals surface area (Å²) in [6.45, 7) is 0. The highest BCUT2D eigenvalue weighted by Crippen LogP contribution is 2.47. The van der Waals surface area contributed by atoms with Crippen LogP contribution in [0.15, 0.2) is 211 Å². The maximum atomic E-state index is 6.40. The second-order valence-corrected chi connectivity index (χ2v) is 14.1. The van der Waals surface area contributed by atoms with Crippen molar-refractivity contribution in [3.63, 3.8) is 0 Å². The number of anilines is 3. The maximum absolute atomic E-state index is 6.40. The van der Waals surface area contributed by atoms with Crippen molar-refractivity contribution in [1.29, 1.82) is 0 Å². The van der Waals surface area contributed by atoms with Gasteiger partial charge in [0.1, 0.15) is 11.2 Å². The molecule has 0 aliphatic carbocycles. The number of hydrogen-bond donors (Lipinski definition) is 0. The molecule has 0 aliphatic rings. The van der Waals surface area contributed by atoms with Crippen LogP contribution in [0.3, 0.4) is 0 Å². The van der Waals surface area contributed by atoms with E-state index >= 15 is 0 Å². The Labute approximate surface area is 318 Å². The van der Waals surface area contributed by atoms with Gasteiger partial charge in [0.05, 0.1) is 28.1 Å². The fourth-order valence-corrected chi connectivity index (χ4v) is 8.50. The summed E-state index contributed by atoms with van der Waals surface area (Å²) in [6, 6.07) is 74.0. The van der Waals surface area contributed by atoms with E-state index in [4.69, 9.17) is 4.42 Å². The van der Waals surface area contributed by atoms with Crippen molar-refractivity contribution in [2.24, 2.45) is 0 Å². The summed E-state index contributed by atoms with van der Waals surface area (Å²) < 4.78 is 8.82. The molecule has 11 rings (SSSR count). The molecule has 0 aliphatic heterocycles. The summed E-state index contributed by atoms with van der Waals surface area (Å²) in [6.07, 6.45) is 0. The minimum absolute atomic E-state index is 0.880. The van der Waals surface area contributed by atoms with Crippen LogP contribution in [-0.4, -0.2) is 4.57 Å². The number of nitrogens with zero attached hydrogens (tertiary/aromatic N) is 2. The number of benzene rings is 9. The van der Waals surface area contributed by atoms with Gasteiger partial charge in [0.25, 0.3) is 0 Å². The van der Waals surface area contributed by atoms with E-state index in [9.17, 15) is 0 Å². The molecule has 0 atom stereocenters. The molecule has 0 fully saturated rings. The van der Waals surface area contributed by atoms with Crippen LogP contribution in [0.4, 0.5) is 17.1 Å². The van der Waals surface area contributed by atoms with E-state index in [0.717, 1.165) is 55.8 Å². The molecule has 0 unspecified atom stereocenters. The van der Waals surface area contributed by atoms with Crippen LogP contribution in [0.25, 0.3) is 82.5 Å². The third kappa shape index (κ3) is 5.05. The average molecular weight is 703 g/mol. The van der Waals surface area contributed by atoms with E-state index in [1.807, 2.05) is 6.07 Å². The molecule has 258 valence electrons. The lowest BCUT2D eigenvalue weighted by Gasteiger charge is -2.30. The molecule has 2 aromatic heterocycles. The minimum Gasteiger partial charge on any atom is -0.456 e. The standard InChI is InChI=1S/C52H34N2O/c1-2-15-37-34-38(29-28-35(37)14-1)36-30-32-39(33-31-36)53(45-21-7-5-18-42(45)43-20-13-27-51-52(43)44-19-6-12-26-50(44)55-51)48-24-10-11-25-49(48)54-46-22-8-3-16-40(46)41-17-4-9-23-47(41)54/h1-34H. The van der Waals surface area contributed by atoms with Crippen LogP contribution in [-0.2, 0) is 0 Å². The molecule has 11 aromatic rings. The van der Waals surface area contributed by atoms with Gasteiger partial charge in [0, 0.05) is 32.8 Å². The highest BCUT2D eigenvalue weighted by molar-refractivity contribution is 6.14. The van der Waals surface area contributed by atoms with Gasteiger partial charge in [-0.25, -0.2) is 0 Å². The van der Waals surface area contributed by atoms with Gasteiger partial charge in [-0.3, -0.25) is 0 Å². The maximum Gasteiger partial charge on any atom is 0.136 e. The van der Waals surface area contributed by atoms with Crippen LogP contribution in [0, 0.1) is 0 Å². The Bertz CT molecular complexity index is 3170. The zero-order valence-electron chi connectivity index (χ0n) is 29.9. The van der Waals surface area contributed by atoms with Crippen molar-refractivity contribution in [3.05, 3.63) is 206 Å². The normalized spacial score (nSPS) is 11.6. The highest BCUT2D eigenvalue weighted by Gasteiger charge is 2.24. The Hall–Kier alpha value is -7.36. The molecule has 0 radical (unpaired) electrons. The Morgan fingerprint density at radius 2 is 0.964 bits per heavy atom. The first-order valence-electron chi connectivity index (χ1n) is 18.8. The summed E-state index contributed by atoms with van der Waals surface area (Å²) in [5.41, 5.74) is 13.0. The zero-order chi connectivity index (χ0) is 36.3. The second-order valence-electron chi connectivity index (χ2n) is 14.1. The number of hydrogen-bond acceptors (Lipinski definition) is 2. The fraction of sp³-hybridized carbons (Fsp3) is 0. The second kappa shape index (κ2) is 12.6. The lowest BCUT2D eigenvalue weighted by atomic mass is 9.96. The number of rotatable bonds is 6. The van der Waals surface area contributed by atoms with Crippen molar-refractivity contribution in [3.8, 4) is 27.9 Å². The largest absolute Gasteiger partial charge is 0.456 e. The molecule has 0 saturated heterocycles. The van der Waals surface area contributed by atoms with E-state index < -0.39 is 0 Å². The van der Waals surface area contributed by atoms with E-state index in [1.165, 1.54) is 43.7 Å². The number of para-hydroxylation sites is 6. The molecule has 2 heterocycles. The quantitative estimate of drug-likeness (QED) is 0.172. The van der Waals surface area contributed by atoms with Gasteiger partial charge >= 0.3 is 0 Å². The molecule has 0 N–H and O–H groups in total. The molecule has 0 saturated carbocycles. The predicted molar refractivity (Wildman–Crippen MR) is 231 cm³/mol. The SMILES string of the molecule is c1ccc(N(c2ccc(-c3ccc4ccccc4c3)cc2)c2ccccc2-n2c3ccccc3c3ccccc32)c(-c2cccc3oc4ccccc4c23)c1. The first kappa shape index (κ1) is 31.2. The van der Waals surface area contributed by atoms with Gasteiger partial charge in [0.2, 0.25) is 0 Å². The summed E-state index contributed by atoms with van der Waals surface area (Å²) in [7, 11) is 0. The van der Waals surface area contributed by atoms with Gasteiger partial charge in [-0.15, -0.1) is 0 Å². The Morgan fingerprint density at radius 3 is 1.76 bits per heavy atom. The van der Waals surface area contributed by atoms with Crippen molar-refractivity contribution < 1.29 is 4.42 Å². The smallest absolute Gasteiger partial charge is 0.136 e. The lowest BCUT2D eigenvalue weighted by Crippen LogP contribution is -2.14. The molecule has 0 spiro atoms. The van der Waals surface area contributed by atoms with Gasteiger partial charge in [0.15, 0.2) is 0 Å². The number of furan rings is 1. The molecule has 3 nitrogen and oxygen atoms in total. The van der Waals surface area contributed by atoms with Crippen molar-refractivity contribution in [1.82, 2.24) is 4.57 Å². The van der Waals surface area contributed by atoms with Crippen LogP contribution >= 0.6 is 0 Å². The summed E-state index contributed by atoms with van der Waals surface area (Å²) >= 11 is 0. The van der Waals surface area contributed by atoms with Crippen LogP contribution in [0.1, 0.15) is 0 Å². The molecule has 3 heteroatoms. The zero-order valence-corrected chi connectivity index (χ0v) is 29.9. The van der Waals surface area contributed by atoms with Crippen LogP contribution < -0.4 is 4.90 Å². The molecule has 0 bridgehead atoms. The van der Waals surface area contributed by atoms with Gasteiger partial charge in [-0.1, -0.05) is 146 Å². The van der Waals surface area contributed by atoms with E-state index in [2.05, 4.69) is 210 Å². The van der Waals surface area contributed by atoms with E-state index in [-0.39, 0.29) is 0 Å². The molecule has 0 amide bonds. The molecule has 9 aromatic carbocycles. The van der Waals surface area contributed by atoms with Crippen molar-refractivity contribution >= 4 is 71.6 Å². The monoisotopic (exact) mass is 702 g/mol. The Balaban J connectivity index is 1.17. The number of fused-ring (bicyclic) bond motifs is 7. The molecular weight excluding hydrogens is 669 g/mol. The predicted octanol–water partition coefficient (Wildman–Crippen LogP) is 14.6. The summed E-state index contributed by atoms with van der Waals surface area (Å²) in [5, 5.41) is 7.18. The summed E-state index contributed by atoms with van der Waals surface area (Å²) in [5.74, 6) is 0. The Kier molecular flexibility index (Phi) is 7.17. The first-order chi connectivity index (χ1) is 27.3. The fourth-order valence-electron chi connectivity index (χ4n) is 8.50. The van der Waals surface area contributed by atoms with Crippen LogP contribution in [0.5, 0.6) is 0 Å². The highest BCUT2D eigenvalue weighted by atomic mass is 16.3.